The average molecular weight is 505 g/mol. The monoisotopic (exact) mass is 504 g/mol. The first kappa shape index (κ1) is 24.6. The summed E-state index contributed by atoms with van der Waals surface area (Å²) in [7, 11) is 0. The van der Waals surface area contributed by atoms with Crippen LogP contribution in [0.1, 0.15) is 42.8 Å². The average Bonchev–Trinajstić information content (AvgIpc) is 3.27. The first-order valence-corrected chi connectivity index (χ1v) is 13.4. The molecule has 188 valence electrons. The molecule has 3 heterocycles. The molecule has 0 radical (unpaired) electrons. The second-order valence-electron chi connectivity index (χ2n) is 9.37. The molecule has 0 aliphatic carbocycles. The predicted octanol–water partition coefficient (Wildman–Crippen LogP) is 5.07. The van der Waals surface area contributed by atoms with E-state index in [4.69, 9.17) is 14.5 Å². The maximum Gasteiger partial charge on any atom is 0.260 e. The SMILES string of the molecule is Cc1nc(N[C@H](C)c2cccc(OCC(=O)N3CCOCC3)c2)cc(-c2ccc3c(c2)C(C)CS3)n1. The summed E-state index contributed by atoms with van der Waals surface area (Å²) in [6, 6.07) is 16.5. The highest BCUT2D eigenvalue weighted by Gasteiger charge is 2.20. The Balaban J connectivity index is 1.26. The number of ether oxygens (including phenoxy) is 2. The van der Waals surface area contributed by atoms with Crippen LogP contribution in [0, 0.1) is 6.92 Å². The number of nitrogens with zero attached hydrogens (tertiary/aromatic N) is 3. The van der Waals surface area contributed by atoms with Gasteiger partial charge in [-0.3, -0.25) is 4.79 Å². The lowest BCUT2D eigenvalue weighted by Crippen LogP contribution is -2.42. The number of nitrogens with one attached hydrogen (secondary N) is 1. The summed E-state index contributed by atoms with van der Waals surface area (Å²) < 4.78 is 11.1. The second-order valence-corrected chi connectivity index (χ2v) is 10.4. The number of amides is 1. The van der Waals surface area contributed by atoms with Crippen molar-refractivity contribution in [2.45, 2.75) is 37.6 Å². The summed E-state index contributed by atoms with van der Waals surface area (Å²) in [5.41, 5.74) is 4.49. The molecule has 0 bridgehead atoms. The van der Waals surface area contributed by atoms with Gasteiger partial charge in [-0.25, -0.2) is 9.97 Å². The van der Waals surface area contributed by atoms with Crippen LogP contribution in [-0.4, -0.2) is 59.4 Å². The molecule has 0 spiro atoms. The molecule has 2 aliphatic rings. The Kier molecular flexibility index (Phi) is 7.43. The highest BCUT2D eigenvalue weighted by Crippen LogP contribution is 2.41. The van der Waals surface area contributed by atoms with Gasteiger partial charge in [0.15, 0.2) is 6.61 Å². The van der Waals surface area contributed by atoms with Crippen molar-refractivity contribution in [3.63, 3.8) is 0 Å². The molecule has 1 unspecified atom stereocenters. The molecule has 1 saturated heterocycles. The highest BCUT2D eigenvalue weighted by atomic mass is 32.2. The Hall–Kier alpha value is -3.10. The second kappa shape index (κ2) is 10.9. The zero-order valence-corrected chi connectivity index (χ0v) is 21.8. The van der Waals surface area contributed by atoms with Crippen molar-refractivity contribution in [3.05, 3.63) is 65.5 Å². The van der Waals surface area contributed by atoms with E-state index in [2.05, 4.69) is 42.3 Å². The molecule has 5 rings (SSSR count). The minimum absolute atomic E-state index is 0.0120. The minimum atomic E-state index is -0.0154. The van der Waals surface area contributed by atoms with Crippen LogP contribution in [0.3, 0.4) is 0 Å². The lowest BCUT2D eigenvalue weighted by atomic mass is 9.99. The molecule has 2 aromatic carbocycles. The molecule has 8 heteroatoms. The van der Waals surface area contributed by atoms with Gasteiger partial charge in [0.2, 0.25) is 0 Å². The third-order valence-electron chi connectivity index (χ3n) is 6.61. The number of thioether (sulfide) groups is 1. The van der Waals surface area contributed by atoms with Crippen molar-refractivity contribution in [2.24, 2.45) is 0 Å². The summed E-state index contributed by atoms with van der Waals surface area (Å²) in [4.78, 5) is 24.9. The van der Waals surface area contributed by atoms with E-state index in [1.165, 1.54) is 10.5 Å². The van der Waals surface area contributed by atoms with Crippen LogP contribution in [0.2, 0.25) is 0 Å². The number of carbonyl (C=O) groups excluding carboxylic acids is 1. The Bertz CT molecular complexity index is 1250. The van der Waals surface area contributed by atoms with Crippen LogP contribution >= 0.6 is 11.8 Å². The van der Waals surface area contributed by atoms with Gasteiger partial charge in [-0.05, 0) is 55.2 Å². The fourth-order valence-corrected chi connectivity index (χ4v) is 5.75. The number of fused-ring (bicyclic) bond motifs is 1. The molecule has 3 aromatic rings. The number of aromatic nitrogens is 2. The Morgan fingerprint density at radius 2 is 2.03 bits per heavy atom. The van der Waals surface area contributed by atoms with Gasteiger partial charge in [-0.15, -0.1) is 11.8 Å². The summed E-state index contributed by atoms with van der Waals surface area (Å²) in [5, 5.41) is 3.51. The standard InChI is InChI=1S/C28H32N4O3S/c1-18-17-36-26-8-7-22(14-24(18)26)25-15-27(31-20(3)30-25)29-19(2)21-5-4-6-23(13-21)35-16-28(33)32-9-11-34-12-10-32/h4-8,13-15,18-19H,9-12,16-17H2,1-3H3,(H,29,30,31)/t18?,19-/m1/s1. The fourth-order valence-electron chi connectivity index (χ4n) is 4.55. The van der Waals surface area contributed by atoms with Gasteiger partial charge in [0.25, 0.3) is 5.91 Å². The highest BCUT2D eigenvalue weighted by molar-refractivity contribution is 7.99. The molecular formula is C28H32N4O3S. The zero-order valence-electron chi connectivity index (χ0n) is 21.0. The first-order valence-electron chi connectivity index (χ1n) is 12.4. The van der Waals surface area contributed by atoms with E-state index in [0.717, 1.165) is 34.2 Å². The van der Waals surface area contributed by atoms with Crippen LogP contribution < -0.4 is 10.1 Å². The van der Waals surface area contributed by atoms with Crippen molar-refractivity contribution in [1.82, 2.24) is 14.9 Å². The lowest BCUT2D eigenvalue weighted by Gasteiger charge is -2.26. The van der Waals surface area contributed by atoms with E-state index in [0.29, 0.717) is 38.0 Å². The third kappa shape index (κ3) is 5.65. The minimum Gasteiger partial charge on any atom is -0.484 e. The zero-order chi connectivity index (χ0) is 25.1. The molecule has 1 N–H and O–H groups in total. The number of morpholine rings is 1. The Morgan fingerprint density at radius 1 is 1.19 bits per heavy atom. The molecule has 1 amide bonds. The maximum absolute atomic E-state index is 12.4. The van der Waals surface area contributed by atoms with Crippen molar-refractivity contribution < 1.29 is 14.3 Å². The predicted molar refractivity (Wildman–Crippen MR) is 143 cm³/mol. The van der Waals surface area contributed by atoms with Crippen molar-refractivity contribution in [2.75, 3.05) is 44.0 Å². The first-order chi connectivity index (χ1) is 17.5. The van der Waals surface area contributed by atoms with Crippen molar-refractivity contribution in [3.8, 4) is 17.0 Å². The number of anilines is 1. The Labute approximate surface area is 216 Å². The molecule has 36 heavy (non-hydrogen) atoms. The van der Waals surface area contributed by atoms with Gasteiger partial charge in [-0.1, -0.05) is 25.1 Å². The fraction of sp³-hybridized carbons (Fsp3) is 0.393. The van der Waals surface area contributed by atoms with Crippen LogP contribution in [0.4, 0.5) is 5.82 Å². The largest absolute Gasteiger partial charge is 0.484 e. The summed E-state index contributed by atoms with van der Waals surface area (Å²) in [6.07, 6.45) is 0. The molecule has 2 aliphatic heterocycles. The molecule has 2 atom stereocenters. The van der Waals surface area contributed by atoms with Crippen molar-refractivity contribution in [1.29, 1.82) is 0 Å². The number of benzene rings is 2. The molecule has 1 aromatic heterocycles. The van der Waals surface area contributed by atoms with E-state index in [9.17, 15) is 4.79 Å². The van der Waals surface area contributed by atoms with Gasteiger partial charge in [-0.2, -0.15) is 0 Å². The topological polar surface area (TPSA) is 76.6 Å². The number of hydrogen-bond acceptors (Lipinski definition) is 7. The summed E-state index contributed by atoms with van der Waals surface area (Å²) >= 11 is 1.92. The van der Waals surface area contributed by atoms with E-state index in [1.54, 1.807) is 4.90 Å². The van der Waals surface area contributed by atoms with Gasteiger partial charge >= 0.3 is 0 Å². The van der Waals surface area contributed by atoms with E-state index in [-0.39, 0.29) is 18.6 Å². The Morgan fingerprint density at radius 3 is 2.86 bits per heavy atom. The van der Waals surface area contributed by atoms with Crippen LogP contribution in [0.5, 0.6) is 5.75 Å². The number of aryl methyl sites for hydroxylation is 1. The normalized spacial score (nSPS) is 18.0. The molecular weight excluding hydrogens is 472 g/mol. The van der Waals surface area contributed by atoms with Gasteiger partial charge in [0.1, 0.15) is 17.4 Å². The summed E-state index contributed by atoms with van der Waals surface area (Å²) in [5.74, 6) is 3.86. The van der Waals surface area contributed by atoms with E-state index >= 15 is 0 Å². The van der Waals surface area contributed by atoms with E-state index < -0.39 is 0 Å². The van der Waals surface area contributed by atoms with Gasteiger partial charge < -0.3 is 19.7 Å². The van der Waals surface area contributed by atoms with Crippen LogP contribution in [-0.2, 0) is 9.53 Å². The van der Waals surface area contributed by atoms with Crippen LogP contribution in [0.15, 0.2) is 53.4 Å². The van der Waals surface area contributed by atoms with Crippen LogP contribution in [0.25, 0.3) is 11.3 Å². The van der Waals surface area contributed by atoms with Crippen molar-refractivity contribution >= 4 is 23.5 Å². The molecule has 0 saturated carbocycles. The molecule has 1 fully saturated rings. The summed E-state index contributed by atoms with van der Waals surface area (Å²) in [6.45, 7) is 8.71. The van der Waals surface area contributed by atoms with Gasteiger partial charge in [0, 0.05) is 35.4 Å². The van der Waals surface area contributed by atoms with Gasteiger partial charge in [0.05, 0.1) is 24.9 Å². The number of hydrogen-bond donors (Lipinski definition) is 1. The maximum atomic E-state index is 12.4. The third-order valence-corrected chi connectivity index (χ3v) is 7.96. The number of carbonyl (C=O) groups is 1. The quantitative estimate of drug-likeness (QED) is 0.481. The molecule has 7 nitrogen and oxygen atoms in total. The smallest absolute Gasteiger partial charge is 0.260 e. The van der Waals surface area contributed by atoms with E-state index in [1.807, 2.05) is 49.0 Å². The lowest BCUT2D eigenvalue weighted by molar-refractivity contribution is -0.137. The number of rotatable bonds is 7.